The fourth-order valence-corrected chi connectivity index (χ4v) is 1.31. The fraction of sp³-hybridized carbons (Fsp3) is 0.417. The summed E-state index contributed by atoms with van der Waals surface area (Å²) in [5, 5.41) is 0. The second kappa shape index (κ2) is 7.89. The van der Waals surface area contributed by atoms with Gasteiger partial charge in [-0.1, -0.05) is 12.1 Å². The summed E-state index contributed by atoms with van der Waals surface area (Å²) in [5.41, 5.74) is 5.45. The number of benzene rings is 1. The number of nitrogens with zero attached hydrogens (tertiary/aromatic N) is 1. The summed E-state index contributed by atoms with van der Waals surface area (Å²) in [6, 6.07) is 5.62. The summed E-state index contributed by atoms with van der Waals surface area (Å²) in [6.07, 6.45) is 0. The molecule has 102 valence electrons. The molecule has 0 aliphatic rings. The molecule has 0 unspecified atom stereocenters. The maximum Gasteiger partial charge on any atom is 0.239 e. The van der Waals surface area contributed by atoms with Crippen LogP contribution in [0.1, 0.15) is 6.92 Å². The van der Waals surface area contributed by atoms with Gasteiger partial charge >= 0.3 is 0 Å². The minimum absolute atomic E-state index is 0. The van der Waals surface area contributed by atoms with E-state index in [4.69, 9.17) is 10.5 Å². The molecule has 1 rings (SSSR count). The first-order chi connectivity index (χ1) is 8.02. The van der Waals surface area contributed by atoms with E-state index in [2.05, 4.69) is 0 Å². The summed E-state index contributed by atoms with van der Waals surface area (Å²) in [7, 11) is 1.64. The monoisotopic (exact) mass is 276 g/mol. The van der Waals surface area contributed by atoms with E-state index in [-0.39, 0.29) is 30.7 Å². The largest absolute Gasteiger partial charge is 0.489 e. The SMILES string of the molecule is C[C@@H](N)C(=O)N(C)CCOc1ccccc1F.Cl. The Labute approximate surface area is 112 Å². The Morgan fingerprint density at radius 1 is 1.50 bits per heavy atom. The van der Waals surface area contributed by atoms with Crippen LogP contribution in [0.4, 0.5) is 4.39 Å². The van der Waals surface area contributed by atoms with Gasteiger partial charge in [-0.25, -0.2) is 4.39 Å². The smallest absolute Gasteiger partial charge is 0.239 e. The molecule has 0 spiro atoms. The van der Waals surface area contributed by atoms with E-state index >= 15 is 0 Å². The Hall–Kier alpha value is -1.33. The van der Waals surface area contributed by atoms with Gasteiger partial charge in [0.05, 0.1) is 12.6 Å². The van der Waals surface area contributed by atoms with Gasteiger partial charge in [0.25, 0.3) is 0 Å². The zero-order valence-corrected chi connectivity index (χ0v) is 11.2. The lowest BCUT2D eigenvalue weighted by Crippen LogP contribution is -2.41. The van der Waals surface area contributed by atoms with Gasteiger partial charge in [0.15, 0.2) is 11.6 Å². The van der Waals surface area contributed by atoms with Crippen molar-refractivity contribution >= 4 is 18.3 Å². The van der Waals surface area contributed by atoms with Gasteiger partial charge in [-0.2, -0.15) is 0 Å². The Bertz CT molecular complexity index is 388. The number of carbonyl (C=O) groups excluding carboxylic acids is 1. The van der Waals surface area contributed by atoms with Crippen LogP contribution in [0.3, 0.4) is 0 Å². The first-order valence-electron chi connectivity index (χ1n) is 5.40. The second-order valence-corrected chi connectivity index (χ2v) is 3.83. The normalized spacial score (nSPS) is 11.3. The number of hydrogen-bond acceptors (Lipinski definition) is 3. The van der Waals surface area contributed by atoms with Crippen molar-refractivity contribution in [3.8, 4) is 5.75 Å². The number of nitrogens with two attached hydrogens (primary N) is 1. The molecule has 0 aliphatic carbocycles. The third kappa shape index (κ3) is 4.89. The number of halogens is 2. The van der Waals surface area contributed by atoms with Gasteiger partial charge in [0, 0.05) is 7.05 Å². The van der Waals surface area contributed by atoms with Crippen molar-refractivity contribution < 1.29 is 13.9 Å². The van der Waals surface area contributed by atoms with Crippen LogP contribution >= 0.6 is 12.4 Å². The minimum atomic E-state index is -0.534. The molecule has 1 atom stereocenters. The third-order valence-electron chi connectivity index (χ3n) is 2.29. The summed E-state index contributed by atoms with van der Waals surface area (Å²) in [6.45, 7) is 2.22. The molecule has 1 aromatic carbocycles. The number of carbonyl (C=O) groups is 1. The molecule has 4 nitrogen and oxygen atoms in total. The Morgan fingerprint density at radius 3 is 2.67 bits per heavy atom. The number of rotatable bonds is 5. The Balaban J connectivity index is 0.00000289. The molecule has 0 aromatic heterocycles. The zero-order chi connectivity index (χ0) is 12.8. The molecular weight excluding hydrogens is 259 g/mol. The fourth-order valence-electron chi connectivity index (χ4n) is 1.31. The highest BCUT2D eigenvalue weighted by molar-refractivity contribution is 5.85. The lowest BCUT2D eigenvalue weighted by Gasteiger charge is -2.19. The first-order valence-corrected chi connectivity index (χ1v) is 5.40. The van der Waals surface area contributed by atoms with Gasteiger partial charge in [0.2, 0.25) is 5.91 Å². The van der Waals surface area contributed by atoms with E-state index in [1.165, 1.54) is 11.0 Å². The lowest BCUT2D eigenvalue weighted by molar-refractivity contribution is -0.131. The van der Waals surface area contributed by atoms with E-state index in [1.807, 2.05) is 0 Å². The molecule has 6 heteroatoms. The number of hydrogen-bond donors (Lipinski definition) is 1. The predicted molar refractivity (Wildman–Crippen MR) is 70.4 cm³/mol. The van der Waals surface area contributed by atoms with E-state index in [0.717, 1.165) is 0 Å². The van der Waals surface area contributed by atoms with Crippen molar-refractivity contribution in [2.45, 2.75) is 13.0 Å². The number of likely N-dealkylation sites (N-methyl/N-ethyl adjacent to an activating group) is 1. The molecule has 0 saturated heterocycles. The number of ether oxygens (including phenoxy) is 1. The molecule has 18 heavy (non-hydrogen) atoms. The second-order valence-electron chi connectivity index (χ2n) is 3.83. The van der Waals surface area contributed by atoms with E-state index in [1.54, 1.807) is 32.2 Å². The summed E-state index contributed by atoms with van der Waals surface area (Å²) < 4.78 is 18.4. The van der Waals surface area contributed by atoms with Gasteiger partial charge < -0.3 is 15.4 Å². The van der Waals surface area contributed by atoms with Crippen LogP contribution in [0.5, 0.6) is 5.75 Å². The van der Waals surface area contributed by atoms with E-state index in [0.29, 0.717) is 6.54 Å². The molecule has 0 heterocycles. The highest BCUT2D eigenvalue weighted by Gasteiger charge is 2.13. The quantitative estimate of drug-likeness (QED) is 0.885. The average molecular weight is 277 g/mol. The van der Waals surface area contributed by atoms with E-state index in [9.17, 15) is 9.18 Å². The minimum Gasteiger partial charge on any atom is -0.489 e. The Kier molecular flexibility index (Phi) is 7.31. The topological polar surface area (TPSA) is 55.6 Å². The van der Waals surface area contributed by atoms with Gasteiger partial charge in [0.1, 0.15) is 6.61 Å². The highest BCUT2D eigenvalue weighted by Crippen LogP contribution is 2.14. The zero-order valence-electron chi connectivity index (χ0n) is 10.4. The van der Waals surface area contributed by atoms with Crippen molar-refractivity contribution in [3.63, 3.8) is 0 Å². The number of para-hydroxylation sites is 1. The maximum absolute atomic E-state index is 13.2. The third-order valence-corrected chi connectivity index (χ3v) is 2.29. The van der Waals surface area contributed by atoms with Gasteiger partial charge in [-0.3, -0.25) is 4.79 Å². The van der Waals surface area contributed by atoms with Crippen molar-refractivity contribution in [2.24, 2.45) is 5.73 Å². The molecule has 0 radical (unpaired) electrons. The van der Waals surface area contributed by atoms with Crippen molar-refractivity contribution in [1.29, 1.82) is 0 Å². The molecule has 0 aliphatic heterocycles. The van der Waals surface area contributed by atoms with Crippen LogP contribution in [0.2, 0.25) is 0 Å². The van der Waals surface area contributed by atoms with Crippen LogP contribution in [0.15, 0.2) is 24.3 Å². The summed E-state index contributed by atoms with van der Waals surface area (Å²) >= 11 is 0. The molecule has 0 bridgehead atoms. The maximum atomic E-state index is 13.2. The molecular formula is C12H18ClFN2O2. The van der Waals surface area contributed by atoms with Crippen LogP contribution < -0.4 is 10.5 Å². The van der Waals surface area contributed by atoms with Crippen molar-refractivity contribution in [1.82, 2.24) is 4.90 Å². The molecule has 0 saturated carbocycles. The molecule has 1 aromatic rings. The average Bonchev–Trinajstić information content (AvgIpc) is 2.30. The highest BCUT2D eigenvalue weighted by atomic mass is 35.5. The molecule has 1 amide bonds. The Morgan fingerprint density at radius 2 is 2.11 bits per heavy atom. The predicted octanol–water partition coefficient (Wildman–Crippen LogP) is 1.43. The van der Waals surface area contributed by atoms with Crippen LogP contribution in [0, 0.1) is 5.82 Å². The summed E-state index contributed by atoms with van der Waals surface area (Å²) in [4.78, 5) is 12.9. The van der Waals surface area contributed by atoms with Gasteiger partial charge in [-0.15, -0.1) is 12.4 Å². The first kappa shape index (κ1) is 16.7. The van der Waals surface area contributed by atoms with Crippen LogP contribution in [-0.4, -0.2) is 37.0 Å². The standard InChI is InChI=1S/C12H17FN2O2.ClH/c1-9(14)12(16)15(2)7-8-17-11-6-4-3-5-10(11)13;/h3-6,9H,7-8,14H2,1-2H3;1H/t9-;/m1./s1. The van der Waals surface area contributed by atoms with Crippen molar-refractivity contribution in [3.05, 3.63) is 30.1 Å². The van der Waals surface area contributed by atoms with Crippen LogP contribution in [0.25, 0.3) is 0 Å². The molecule has 0 fully saturated rings. The van der Waals surface area contributed by atoms with Crippen molar-refractivity contribution in [2.75, 3.05) is 20.2 Å². The van der Waals surface area contributed by atoms with E-state index < -0.39 is 11.9 Å². The lowest BCUT2D eigenvalue weighted by atomic mass is 10.3. The van der Waals surface area contributed by atoms with Crippen LogP contribution in [-0.2, 0) is 4.79 Å². The molecule has 2 N–H and O–H groups in total. The number of amides is 1. The summed E-state index contributed by atoms with van der Waals surface area (Å²) in [5.74, 6) is -0.384. The van der Waals surface area contributed by atoms with Gasteiger partial charge in [-0.05, 0) is 19.1 Å².